The zero-order valence-electron chi connectivity index (χ0n) is 20.1. The molecular weight excluding hydrogens is 446 g/mol. The van der Waals surface area contributed by atoms with E-state index in [0.717, 1.165) is 28.1 Å². The fraction of sp³-hybridized carbons (Fsp3) is 0.276. The number of nitrogens with zero attached hydrogens (tertiary/aromatic N) is 1. The molecule has 4 rings (SSSR count). The minimum Gasteiger partial charge on any atom is -0.437 e. The van der Waals surface area contributed by atoms with Crippen LogP contribution in [-0.4, -0.2) is 24.9 Å². The average molecular weight is 476 g/mol. The lowest BCUT2D eigenvalue weighted by Crippen LogP contribution is -2.44. The summed E-state index contributed by atoms with van der Waals surface area (Å²) in [5.74, 6) is -0.576. The number of aryl methyl sites for hydroxylation is 2. The third-order valence-electron chi connectivity index (χ3n) is 5.63. The number of aliphatic imine (C=N–C) groups is 1. The second kappa shape index (κ2) is 10.6. The van der Waals surface area contributed by atoms with E-state index in [1.165, 1.54) is 11.1 Å². The van der Waals surface area contributed by atoms with Crippen LogP contribution >= 0.6 is 11.6 Å². The molecule has 0 saturated carbocycles. The number of allylic oxidation sites excluding steroid dienone is 1. The minimum atomic E-state index is -1.26. The van der Waals surface area contributed by atoms with E-state index in [1.54, 1.807) is 0 Å². The van der Waals surface area contributed by atoms with Gasteiger partial charge in [0.15, 0.2) is 0 Å². The Balaban J connectivity index is 1.98. The summed E-state index contributed by atoms with van der Waals surface area (Å²) in [7, 11) is 0. The first-order valence-electron chi connectivity index (χ1n) is 11.6. The highest BCUT2D eigenvalue weighted by Crippen LogP contribution is 2.42. The predicted octanol–water partition coefficient (Wildman–Crippen LogP) is 7.74. The van der Waals surface area contributed by atoms with E-state index >= 15 is 0 Å². The second-order valence-electron chi connectivity index (χ2n) is 8.30. The summed E-state index contributed by atoms with van der Waals surface area (Å²) >= 11 is 6.12. The Bertz CT molecular complexity index is 1170. The van der Waals surface area contributed by atoms with Gasteiger partial charge < -0.3 is 14.2 Å². The first-order chi connectivity index (χ1) is 16.4. The van der Waals surface area contributed by atoms with Gasteiger partial charge in [0.2, 0.25) is 0 Å². The standard InChI is InChI=1S/C29H30ClNO3/c1-5-32-29(33-6-2)19-26(31-25-17-15-24(30)16-18-25)27(22-11-7-20(3)8-12-22)28(34-29)23-13-9-21(4)10-14-23/h7-18H,5-6,19H2,1-4H3. The van der Waals surface area contributed by atoms with Gasteiger partial charge in [-0.05, 0) is 57.5 Å². The molecule has 3 aromatic carbocycles. The van der Waals surface area contributed by atoms with Crippen LogP contribution < -0.4 is 0 Å². The molecule has 0 fully saturated rings. The Morgan fingerprint density at radius 3 is 1.85 bits per heavy atom. The summed E-state index contributed by atoms with van der Waals surface area (Å²) in [5.41, 5.74) is 6.88. The number of rotatable bonds is 7. The van der Waals surface area contributed by atoms with Crippen molar-refractivity contribution in [3.05, 3.63) is 100 Å². The minimum absolute atomic E-state index is 0.343. The Hall–Kier alpha value is -2.92. The number of ether oxygens (including phenoxy) is 3. The third kappa shape index (κ3) is 5.41. The number of benzene rings is 3. The van der Waals surface area contributed by atoms with Crippen LogP contribution in [0.5, 0.6) is 0 Å². The Morgan fingerprint density at radius 1 is 0.794 bits per heavy atom. The molecule has 5 heteroatoms. The van der Waals surface area contributed by atoms with E-state index in [0.29, 0.717) is 30.4 Å². The molecule has 0 aromatic heterocycles. The van der Waals surface area contributed by atoms with Crippen molar-refractivity contribution >= 4 is 34.3 Å². The van der Waals surface area contributed by atoms with Crippen LogP contribution in [0.1, 0.15) is 42.5 Å². The molecule has 34 heavy (non-hydrogen) atoms. The van der Waals surface area contributed by atoms with E-state index in [4.69, 9.17) is 30.8 Å². The van der Waals surface area contributed by atoms with Crippen molar-refractivity contribution in [3.8, 4) is 0 Å². The van der Waals surface area contributed by atoms with Gasteiger partial charge in [0.05, 0.1) is 31.0 Å². The number of hydrogen-bond donors (Lipinski definition) is 0. The van der Waals surface area contributed by atoms with Crippen LogP contribution in [0.3, 0.4) is 0 Å². The smallest absolute Gasteiger partial charge is 0.332 e. The van der Waals surface area contributed by atoms with Gasteiger partial charge in [-0.15, -0.1) is 0 Å². The van der Waals surface area contributed by atoms with Crippen molar-refractivity contribution in [2.75, 3.05) is 13.2 Å². The van der Waals surface area contributed by atoms with E-state index in [1.807, 2.05) is 38.1 Å². The van der Waals surface area contributed by atoms with Crippen LogP contribution in [0.4, 0.5) is 5.69 Å². The van der Waals surface area contributed by atoms with Gasteiger partial charge in [0.25, 0.3) is 0 Å². The summed E-state index contributed by atoms with van der Waals surface area (Å²) in [5, 5.41) is 0.670. The van der Waals surface area contributed by atoms with Crippen molar-refractivity contribution in [3.63, 3.8) is 0 Å². The summed E-state index contributed by atoms with van der Waals surface area (Å²) in [6.07, 6.45) is 0.343. The van der Waals surface area contributed by atoms with Crippen molar-refractivity contribution in [1.82, 2.24) is 0 Å². The molecule has 0 saturated heterocycles. The largest absolute Gasteiger partial charge is 0.437 e. The highest BCUT2D eigenvalue weighted by Gasteiger charge is 2.43. The van der Waals surface area contributed by atoms with Crippen LogP contribution in [0.15, 0.2) is 77.8 Å². The van der Waals surface area contributed by atoms with Gasteiger partial charge in [-0.2, -0.15) is 0 Å². The van der Waals surface area contributed by atoms with E-state index < -0.39 is 5.97 Å². The highest BCUT2D eigenvalue weighted by atomic mass is 35.5. The fourth-order valence-corrected chi connectivity index (χ4v) is 4.13. The van der Waals surface area contributed by atoms with Gasteiger partial charge in [0.1, 0.15) is 5.76 Å². The summed E-state index contributed by atoms with van der Waals surface area (Å²) in [6.45, 7) is 8.90. The van der Waals surface area contributed by atoms with Crippen LogP contribution in [0.25, 0.3) is 11.3 Å². The van der Waals surface area contributed by atoms with Crippen LogP contribution in [-0.2, 0) is 14.2 Å². The monoisotopic (exact) mass is 475 g/mol. The first kappa shape index (κ1) is 24.2. The molecular formula is C29H30ClNO3. The molecule has 0 unspecified atom stereocenters. The lowest BCUT2D eigenvalue weighted by atomic mass is 9.91. The molecule has 0 N–H and O–H groups in total. The number of hydrogen-bond acceptors (Lipinski definition) is 4. The lowest BCUT2D eigenvalue weighted by Gasteiger charge is -2.39. The van der Waals surface area contributed by atoms with E-state index in [2.05, 4.69) is 62.4 Å². The van der Waals surface area contributed by atoms with Gasteiger partial charge in [-0.3, -0.25) is 4.99 Å². The maximum absolute atomic E-state index is 6.60. The van der Waals surface area contributed by atoms with Gasteiger partial charge in [-0.1, -0.05) is 71.3 Å². The highest BCUT2D eigenvalue weighted by molar-refractivity contribution is 6.31. The maximum Gasteiger partial charge on any atom is 0.332 e. The fourth-order valence-electron chi connectivity index (χ4n) is 4.00. The van der Waals surface area contributed by atoms with Crippen molar-refractivity contribution < 1.29 is 14.2 Å². The summed E-state index contributed by atoms with van der Waals surface area (Å²) in [4.78, 5) is 5.05. The summed E-state index contributed by atoms with van der Waals surface area (Å²) < 4.78 is 18.8. The molecule has 0 spiro atoms. The third-order valence-corrected chi connectivity index (χ3v) is 5.88. The van der Waals surface area contributed by atoms with Crippen molar-refractivity contribution in [1.29, 1.82) is 0 Å². The molecule has 1 aliphatic heterocycles. The van der Waals surface area contributed by atoms with E-state index in [-0.39, 0.29) is 0 Å². The topological polar surface area (TPSA) is 40.0 Å². The molecule has 176 valence electrons. The first-order valence-corrected chi connectivity index (χ1v) is 12.0. The molecule has 0 amide bonds. The molecule has 0 radical (unpaired) electrons. The van der Waals surface area contributed by atoms with Gasteiger partial charge >= 0.3 is 5.97 Å². The molecule has 0 aliphatic carbocycles. The quantitative estimate of drug-likeness (QED) is 0.328. The number of halogens is 1. The molecule has 0 atom stereocenters. The normalized spacial score (nSPS) is 16.6. The zero-order chi connectivity index (χ0) is 24.1. The van der Waals surface area contributed by atoms with Crippen molar-refractivity contribution in [2.24, 2.45) is 4.99 Å². The molecule has 0 bridgehead atoms. The molecule has 1 heterocycles. The Labute approximate surface area is 206 Å². The molecule has 1 aliphatic rings. The van der Waals surface area contributed by atoms with Crippen molar-refractivity contribution in [2.45, 2.75) is 40.1 Å². The SMILES string of the molecule is CCOC1(OCC)CC(=Nc2ccc(Cl)cc2)C(c2ccc(C)cc2)=C(c2ccc(C)cc2)O1. The van der Waals surface area contributed by atoms with E-state index in [9.17, 15) is 0 Å². The van der Waals surface area contributed by atoms with Crippen LogP contribution in [0.2, 0.25) is 5.02 Å². The lowest BCUT2D eigenvalue weighted by molar-refractivity contribution is -0.349. The predicted molar refractivity (Wildman–Crippen MR) is 139 cm³/mol. The zero-order valence-corrected chi connectivity index (χ0v) is 20.9. The second-order valence-corrected chi connectivity index (χ2v) is 8.74. The average Bonchev–Trinajstić information content (AvgIpc) is 2.82. The Morgan fingerprint density at radius 2 is 1.32 bits per heavy atom. The molecule has 3 aromatic rings. The molecule has 4 nitrogen and oxygen atoms in total. The maximum atomic E-state index is 6.60. The van der Waals surface area contributed by atoms with Gasteiger partial charge in [0, 0.05) is 16.2 Å². The van der Waals surface area contributed by atoms with Gasteiger partial charge in [-0.25, -0.2) is 0 Å². The van der Waals surface area contributed by atoms with Crippen LogP contribution in [0, 0.1) is 13.8 Å². The Kier molecular flexibility index (Phi) is 7.52. The summed E-state index contributed by atoms with van der Waals surface area (Å²) in [6, 6.07) is 24.2.